The van der Waals surface area contributed by atoms with Crippen molar-refractivity contribution >= 4 is 21.5 Å². The highest BCUT2D eigenvalue weighted by Gasteiger charge is 2.27. The first-order chi connectivity index (χ1) is 10.7. The van der Waals surface area contributed by atoms with Gasteiger partial charge in [-0.25, -0.2) is 0 Å². The summed E-state index contributed by atoms with van der Waals surface area (Å²) in [6.45, 7) is 14.0. The molecule has 3 rings (SSSR count). The van der Waals surface area contributed by atoms with Crippen molar-refractivity contribution < 1.29 is 0 Å². The number of benzene rings is 3. The van der Waals surface area contributed by atoms with Crippen LogP contribution in [0.5, 0.6) is 0 Å². The summed E-state index contributed by atoms with van der Waals surface area (Å²) in [6.07, 6.45) is 1.15. The van der Waals surface area contributed by atoms with Crippen LogP contribution in [-0.4, -0.2) is 0 Å². The van der Waals surface area contributed by atoms with Gasteiger partial charge in [0.1, 0.15) is 0 Å². The molecule has 23 heavy (non-hydrogen) atoms. The van der Waals surface area contributed by atoms with Crippen LogP contribution in [0, 0.1) is 0 Å². The van der Waals surface area contributed by atoms with E-state index < -0.39 is 0 Å². The Morgan fingerprint density at radius 3 is 1.57 bits per heavy atom. The molecule has 3 aromatic rings. The van der Waals surface area contributed by atoms with E-state index in [1.165, 1.54) is 32.7 Å². The summed E-state index contributed by atoms with van der Waals surface area (Å²) in [5.41, 5.74) is 3.33. The molecular weight excluding hydrogens is 276 g/mol. The molecule has 0 aliphatic rings. The zero-order chi connectivity index (χ0) is 16.8. The van der Waals surface area contributed by atoms with E-state index >= 15 is 0 Å². The van der Waals surface area contributed by atoms with Gasteiger partial charge in [-0.2, -0.15) is 0 Å². The monoisotopic (exact) mass is 304 g/mol. The van der Waals surface area contributed by atoms with Gasteiger partial charge in [0, 0.05) is 0 Å². The Morgan fingerprint density at radius 2 is 1.13 bits per heavy atom. The topological polar surface area (TPSA) is 0 Å². The van der Waals surface area contributed by atoms with E-state index in [2.05, 4.69) is 90.1 Å². The molecule has 0 aliphatic heterocycles. The van der Waals surface area contributed by atoms with Crippen LogP contribution in [0.4, 0.5) is 0 Å². The third-order valence-corrected chi connectivity index (χ3v) is 5.26. The van der Waals surface area contributed by atoms with E-state index in [9.17, 15) is 0 Å². The summed E-state index contributed by atoms with van der Waals surface area (Å²) in [5.74, 6) is 0. The molecule has 0 amide bonds. The molecule has 0 aromatic heterocycles. The lowest BCUT2D eigenvalue weighted by atomic mass is 9.72. The average molecular weight is 304 g/mol. The van der Waals surface area contributed by atoms with Crippen LogP contribution >= 0.6 is 0 Å². The average Bonchev–Trinajstić information content (AvgIpc) is 2.50. The van der Waals surface area contributed by atoms with Crippen LogP contribution in [0.15, 0.2) is 48.5 Å². The fourth-order valence-electron chi connectivity index (χ4n) is 3.36. The fraction of sp³-hybridized carbons (Fsp3) is 0.391. The van der Waals surface area contributed by atoms with E-state index in [4.69, 9.17) is 0 Å². The Hall–Kier alpha value is -1.82. The molecule has 0 fully saturated rings. The highest BCUT2D eigenvalue weighted by Crippen LogP contribution is 2.39. The maximum Gasteiger partial charge on any atom is -0.0103 e. The van der Waals surface area contributed by atoms with Crippen molar-refractivity contribution in [3.63, 3.8) is 0 Å². The van der Waals surface area contributed by atoms with Crippen molar-refractivity contribution in [1.82, 2.24) is 0 Å². The summed E-state index contributed by atoms with van der Waals surface area (Å²) in [4.78, 5) is 0. The number of fused-ring (bicyclic) bond motifs is 2. The Morgan fingerprint density at radius 1 is 0.652 bits per heavy atom. The Balaban J connectivity index is 2.38. The summed E-state index contributed by atoms with van der Waals surface area (Å²) in [7, 11) is 0. The minimum Gasteiger partial charge on any atom is -0.0646 e. The lowest BCUT2D eigenvalue weighted by molar-refractivity contribution is 0.480. The molecule has 0 nitrogen and oxygen atoms in total. The first-order valence-corrected chi connectivity index (χ1v) is 8.70. The minimum absolute atomic E-state index is 0.154. The van der Waals surface area contributed by atoms with Crippen molar-refractivity contribution in [2.45, 2.75) is 58.8 Å². The van der Waals surface area contributed by atoms with Gasteiger partial charge in [-0.05, 0) is 62.1 Å². The molecule has 0 radical (unpaired) electrons. The molecule has 0 heterocycles. The fourth-order valence-corrected chi connectivity index (χ4v) is 3.36. The van der Waals surface area contributed by atoms with Crippen LogP contribution in [0.1, 0.15) is 59.1 Å². The van der Waals surface area contributed by atoms with Gasteiger partial charge < -0.3 is 0 Å². The SMILES string of the molecule is CCC(C)(C)c1cc2cc3ccccc3cc2cc1C(C)(C)C. The van der Waals surface area contributed by atoms with Crippen LogP contribution in [0.3, 0.4) is 0 Å². The molecule has 0 bridgehead atoms. The molecule has 120 valence electrons. The van der Waals surface area contributed by atoms with Crippen molar-refractivity contribution in [3.8, 4) is 0 Å². The maximum atomic E-state index is 2.44. The molecule has 0 saturated carbocycles. The summed E-state index contributed by atoms with van der Waals surface area (Å²) in [5, 5.41) is 5.35. The highest BCUT2D eigenvalue weighted by molar-refractivity contribution is 5.99. The standard InChI is InChI=1S/C23H28/c1-7-23(5,6)21-15-19-13-17-11-9-8-10-16(17)12-18(19)14-20(21)22(2,3)4/h8-15H,7H2,1-6H3. The molecule has 3 aromatic carbocycles. The molecule has 0 aliphatic carbocycles. The first kappa shape index (κ1) is 16.1. The quantitative estimate of drug-likeness (QED) is 0.448. The second-order valence-corrected chi connectivity index (χ2v) is 8.43. The normalized spacial score (nSPS) is 13.0. The smallest absolute Gasteiger partial charge is 0.0103 e. The highest BCUT2D eigenvalue weighted by atomic mass is 14.3. The molecule has 0 unspecified atom stereocenters. The predicted molar refractivity (Wildman–Crippen MR) is 103 cm³/mol. The van der Waals surface area contributed by atoms with E-state index in [0.29, 0.717) is 0 Å². The Kier molecular flexibility index (Phi) is 3.75. The van der Waals surface area contributed by atoms with Crippen LogP contribution in [0.25, 0.3) is 21.5 Å². The number of rotatable bonds is 2. The van der Waals surface area contributed by atoms with Crippen molar-refractivity contribution in [3.05, 3.63) is 59.7 Å². The predicted octanol–water partition coefficient (Wildman–Crippen LogP) is 6.98. The molecular formula is C23H28. The molecule has 0 atom stereocenters. The van der Waals surface area contributed by atoms with Gasteiger partial charge in [-0.1, -0.05) is 77.9 Å². The van der Waals surface area contributed by atoms with Gasteiger partial charge in [0.2, 0.25) is 0 Å². The third kappa shape index (κ3) is 2.87. The minimum atomic E-state index is 0.154. The Bertz CT molecular complexity index is 860. The second-order valence-electron chi connectivity index (χ2n) is 8.43. The largest absolute Gasteiger partial charge is 0.0646 e. The van der Waals surface area contributed by atoms with Gasteiger partial charge in [0.25, 0.3) is 0 Å². The van der Waals surface area contributed by atoms with E-state index in [1.54, 1.807) is 0 Å². The lowest BCUT2D eigenvalue weighted by Gasteiger charge is -2.32. The molecule has 0 N–H and O–H groups in total. The zero-order valence-electron chi connectivity index (χ0n) is 15.3. The van der Waals surface area contributed by atoms with Crippen molar-refractivity contribution in [2.24, 2.45) is 0 Å². The van der Waals surface area contributed by atoms with E-state index in [1.807, 2.05) is 0 Å². The van der Waals surface area contributed by atoms with Gasteiger partial charge in [-0.3, -0.25) is 0 Å². The van der Waals surface area contributed by atoms with Crippen LogP contribution < -0.4 is 0 Å². The van der Waals surface area contributed by atoms with Gasteiger partial charge in [0.15, 0.2) is 0 Å². The summed E-state index contributed by atoms with van der Waals surface area (Å²) in [6, 6.07) is 18.2. The van der Waals surface area contributed by atoms with Gasteiger partial charge in [-0.15, -0.1) is 0 Å². The van der Waals surface area contributed by atoms with E-state index in [-0.39, 0.29) is 10.8 Å². The van der Waals surface area contributed by atoms with Gasteiger partial charge in [0.05, 0.1) is 0 Å². The Labute approximate surface area is 140 Å². The molecule has 0 saturated heterocycles. The van der Waals surface area contributed by atoms with Crippen LogP contribution in [0.2, 0.25) is 0 Å². The molecule has 0 heteroatoms. The second kappa shape index (κ2) is 5.37. The third-order valence-electron chi connectivity index (χ3n) is 5.26. The van der Waals surface area contributed by atoms with Crippen LogP contribution in [-0.2, 0) is 10.8 Å². The first-order valence-electron chi connectivity index (χ1n) is 8.70. The maximum absolute atomic E-state index is 2.44. The summed E-state index contributed by atoms with van der Waals surface area (Å²) >= 11 is 0. The van der Waals surface area contributed by atoms with E-state index in [0.717, 1.165) is 6.42 Å². The lowest BCUT2D eigenvalue weighted by Crippen LogP contribution is -2.23. The summed E-state index contributed by atoms with van der Waals surface area (Å²) < 4.78 is 0. The van der Waals surface area contributed by atoms with Crippen molar-refractivity contribution in [2.75, 3.05) is 0 Å². The number of hydrogen-bond acceptors (Lipinski definition) is 0. The van der Waals surface area contributed by atoms with Gasteiger partial charge >= 0.3 is 0 Å². The van der Waals surface area contributed by atoms with Crippen molar-refractivity contribution in [1.29, 1.82) is 0 Å². The zero-order valence-corrected chi connectivity index (χ0v) is 15.3. The number of hydrogen-bond donors (Lipinski definition) is 0. The molecule has 0 spiro atoms.